The lowest BCUT2D eigenvalue weighted by atomic mass is 9.93. The van der Waals surface area contributed by atoms with Crippen LogP contribution in [0.1, 0.15) is 55.6 Å². The Morgan fingerprint density at radius 2 is 1.68 bits per heavy atom. The summed E-state index contributed by atoms with van der Waals surface area (Å²) in [5.74, 6) is -0.646. The van der Waals surface area contributed by atoms with E-state index in [-0.39, 0.29) is 17.1 Å². The molecule has 4 fully saturated rings. The molecule has 1 atom stereocenters. The van der Waals surface area contributed by atoms with Gasteiger partial charge in [-0.3, -0.25) is 4.79 Å². The molecular formula is C28H34F3N5O4. The number of nitrogens with one attached hydrogen (secondary N) is 1. The number of nitrogens with zero attached hydrogens (tertiary/aromatic N) is 4. The molecule has 4 aliphatic rings. The monoisotopic (exact) mass is 561 g/mol. The quantitative estimate of drug-likeness (QED) is 0.572. The van der Waals surface area contributed by atoms with Gasteiger partial charge >= 0.3 is 6.18 Å². The molecule has 6 rings (SSSR count). The molecule has 0 bridgehead atoms. The van der Waals surface area contributed by atoms with Crippen LogP contribution < -0.4 is 15.1 Å². The molecule has 3 saturated heterocycles. The normalized spacial score (nSPS) is 25.7. The van der Waals surface area contributed by atoms with Crippen LogP contribution in [0.25, 0.3) is 0 Å². The number of rotatable bonds is 5. The van der Waals surface area contributed by atoms with Crippen molar-refractivity contribution < 1.29 is 32.2 Å². The van der Waals surface area contributed by atoms with Gasteiger partial charge in [0.2, 0.25) is 5.60 Å². The van der Waals surface area contributed by atoms with Gasteiger partial charge in [-0.1, -0.05) is 6.07 Å². The highest BCUT2D eigenvalue weighted by atomic mass is 19.4. The fraction of sp³-hybridized carbons (Fsp3) is 0.607. The first kappa shape index (κ1) is 27.2. The van der Waals surface area contributed by atoms with E-state index in [1.165, 1.54) is 38.8 Å². The van der Waals surface area contributed by atoms with E-state index >= 15 is 0 Å². The zero-order valence-electron chi connectivity index (χ0n) is 22.7. The Kier molecular flexibility index (Phi) is 6.70. The van der Waals surface area contributed by atoms with Crippen LogP contribution in [0.4, 0.5) is 30.6 Å². The number of hydrogen-bond donors (Lipinski definition) is 1. The van der Waals surface area contributed by atoms with Crippen LogP contribution in [0.5, 0.6) is 0 Å². The van der Waals surface area contributed by atoms with Crippen molar-refractivity contribution in [3.05, 3.63) is 41.6 Å². The average Bonchev–Trinajstić information content (AvgIpc) is 3.60. The third kappa shape index (κ3) is 5.12. The van der Waals surface area contributed by atoms with Crippen molar-refractivity contribution >= 4 is 23.4 Å². The van der Waals surface area contributed by atoms with Gasteiger partial charge in [-0.15, -0.1) is 0 Å². The molecule has 1 N–H and O–H groups in total. The predicted octanol–water partition coefficient (Wildman–Crippen LogP) is 4.49. The van der Waals surface area contributed by atoms with E-state index < -0.39 is 30.1 Å². The fourth-order valence-corrected chi connectivity index (χ4v) is 5.77. The number of anilines is 3. The van der Waals surface area contributed by atoms with Crippen LogP contribution in [0.2, 0.25) is 0 Å². The zero-order valence-corrected chi connectivity index (χ0v) is 22.7. The Morgan fingerprint density at radius 3 is 2.30 bits per heavy atom. The Hall–Kier alpha value is -2.96. The van der Waals surface area contributed by atoms with Crippen LogP contribution >= 0.6 is 0 Å². The fourth-order valence-electron chi connectivity index (χ4n) is 5.77. The maximum absolute atomic E-state index is 14.5. The average molecular weight is 562 g/mol. The summed E-state index contributed by atoms with van der Waals surface area (Å²) in [4.78, 5) is 26.7. The SMILES string of the molecule is CC1(C)OCC(c2ccc(C(=O)Nc3cccc(N4CCOCC4)n3)c(N3CCC4(CC3)CC4)n2)(C(F)(F)F)O1. The van der Waals surface area contributed by atoms with E-state index in [4.69, 9.17) is 14.2 Å². The number of pyridine rings is 2. The topological polar surface area (TPSA) is 89.0 Å². The first-order valence-electron chi connectivity index (χ1n) is 13.8. The lowest BCUT2D eigenvalue weighted by Gasteiger charge is -2.36. The standard InChI is InChI=1S/C28H34F3N5O4/c1-25(2)39-18-27(40-25,28(29,30)31)20-7-6-19(23(32-20)36-12-10-26(8-9-26)11-13-36)24(37)34-21-4-3-5-22(33-21)35-14-16-38-17-15-35/h3-7H,8-18H2,1-2H3,(H,33,34,37). The summed E-state index contributed by atoms with van der Waals surface area (Å²) in [6, 6.07) is 7.99. The van der Waals surface area contributed by atoms with Gasteiger partial charge in [-0.25, -0.2) is 9.97 Å². The van der Waals surface area contributed by atoms with E-state index in [1.54, 1.807) is 6.07 Å². The lowest BCUT2D eigenvalue weighted by molar-refractivity contribution is -0.291. The summed E-state index contributed by atoms with van der Waals surface area (Å²) < 4.78 is 59.8. The van der Waals surface area contributed by atoms with Crippen molar-refractivity contribution in [2.45, 2.75) is 57.1 Å². The molecular weight excluding hydrogens is 527 g/mol. The molecule has 12 heteroatoms. The van der Waals surface area contributed by atoms with Crippen molar-refractivity contribution in [3.8, 4) is 0 Å². The van der Waals surface area contributed by atoms with Crippen LogP contribution in [0, 0.1) is 5.41 Å². The second-order valence-corrected chi connectivity index (χ2v) is 11.6. The molecule has 1 amide bonds. The highest BCUT2D eigenvalue weighted by Crippen LogP contribution is 2.54. The summed E-state index contributed by atoms with van der Waals surface area (Å²) in [5, 5.41) is 2.83. The van der Waals surface area contributed by atoms with Gasteiger partial charge in [0.1, 0.15) is 17.5 Å². The van der Waals surface area contributed by atoms with Gasteiger partial charge in [0, 0.05) is 26.2 Å². The van der Waals surface area contributed by atoms with Gasteiger partial charge < -0.3 is 29.3 Å². The van der Waals surface area contributed by atoms with Crippen molar-refractivity contribution in [2.75, 3.05) is 61.1 Å². The minimum Gasteiger partial charge on any atom is -0.378 e. The molecule has 9 nitrogen and oxygen atoms in total. The summed E-state index contributed by atoms with van der Waals surface area (Å²) in [7, 11) is 0. The first-order chi connectivity index (χ1) is 19.0. The Balaban J connectivity index is 1.33. The molecule has 5 heterocycles. The maximum atomic E-state index is 14.5. The van der Waals surface area contributed by atoms with Crippen LogP contribution in [-0.2, 0) is 19.8 Å². The molecule has 1 unspecified atom stereocenters. The largest absolute Gasteiger partial charge is 0.425 e. The second kappa shape index (κ2) is 9.85. The first-order valence-corrected chi connectivity index (χ1v) is 13.8. The number of hydrogen-bond acceptors (Lipinski definition) is 8. The highest BCUT2D eigenvalue weighted by Gasteiger charge is 2.65. The number of amides is 1. The maximum Gasteiger partial charge on any atom is 0.425 e. The molecule has 2 aromatic heterocycles. The van der Waals surface area contributed by atoms with Crippen molar-refractivity contribution in [1.29, 1.82) is 0 Å². The number of halogens is 3. The lowest BCUT2D eigenvalue weighted by Crippen LogP contribution is -2.47. The summed E-state index contributed by atoms with van der Waals surface area (Å²) in [6.07, 6.45) is -0.604. The molecule has 0 aromatic carbocycles. The minimum atomic E-state index is -4.78. The molecule has 216 valence electrons. The number of alkyl halides is 3. The minimum absolute atomic E-state index is 0.185. The smallest absolute Gasteiger partial charge is 0.378 e. The number of carbonyl (C=O) groups is 1. The predicted molar refractivity (Wildman–Crippen MR) is 141 cm³/mol. The second-order valence-electron chi connectivity index (χ2n) is 11.6. The van der Waals surface area contributed by atoms with E-state index in [1.807, 2.05) is 17.0 Å². The van der Waals surface area contributed by atoms with Gasteiger partial charge in [0.25, 0.3) is 5.91 Å². The number of aromatic nitrogens is 2. The van der Waals surface area contributed by atoms with Crippen molar-refractivity contribution in [2.24, 2.45) is 5.41 Å². The molecule has 0 radical (unpaired) electrons. The van der Waals surface area contributed by atoms with E-state index in [9.17, 15) is 18.0 Å². The van der Waals surface area contributed by atoms with E-state index in [0.29, 0.717) is 56.4 Å². The molecule has 3 aliphatic heterocycles. The summed E-state index contributed by atoms with van der Waals surface area (Å²) in [6.45, 7) is 5.99. The number of ether oxygens (including phenoxy) is 3. The van der Waals surface area contributed by atoms with Crippen LogP contribution in [0.15, 0.2) is 30.3 Å². The Bertz CT molecular complexity index is 1270. The molecule has 40 heavy (non-hydrogen) atoms. The van der Waals surface area contributed by atoms with E-state index in [2.05, 4.69) is 20.2 Å². The Labute approximate surface area is 231 Å². The number of carbonyl (C=O) groups excluding carboxylic acids is 1. The van der Waals surface area contributed by atoms with Gasteiger partial charge in [0.05, 0.1) is 31.1 Å². The van der Waals surface area contributed by atoms with E-state index in [0.717, 1.165) is 12.8 Å². The van der Waals surface area contributed by atoms with Crippen LogP contribution in [-0.4, -0.2) is 73.8 Å². The molecule has 1 aliphatic carbocycles. The van der Waals surface area contributed by atoms with Crippen molar-refractivity contribution in [3.63, 3.8) is 0 Å². The van der Waals surface area contributed by atoms with Crippen molar-refractivity contribution in [1.82, 2.24) is 9.97 Å². The third-order valence-electron chi connectivity index (χ3n) is 8.43. The summed E-state index contributed by atoms with van der Waals surface area (Å²) >= 11 is 0. The molecule has 1 saturated carbocycles. The third-order valence-corrected chi connectivity index (χ3v) is 8.43. The van der Waals surface area contributed by atoms with Gasteiger partial charge in [-0.05, 0) is 69.2 Å². The number of piperidine rings is 1. The molecule has 2 aromatic rings. The highest BCUT2D eigenvalue weighted by molar-refractivity contribution is 6.07. The summed E-state index contributed by atoms with van der Waals surface area (Å²) in [5.41, 5.74) is -2.54. The zero-order chi connectivity index (χ0) is 28.2. The van der Waals surface area contributed by atoms with Crippen LogP contribution in [0.3, 0.4) is 0 Å². The van der Waals surface area contributed by atoms with Gasteiger partial charge in [0.15, 0.2) is 5.79 Å². The molecule has 1 spiro atoms. The number of morpholine rings is 1. The Morgan fingerprint density at radius 1 is 0.950 bits per heavy atom. The van der Waals surface area contributed by atoms with Gasteiger partial charge in [-0.2, -0.15) is 13.2 Å².